The third-order valence-electron chi connectivity index (χ3n) is 6.65. The normalized spacial score (nSPS) is 19.2. The maximum Gasteiger partial charge on any atom is 0.416 e. The molecule has 2 aliphatic rings. The number of piperazine rings is 1. The van der Waals surface area contributed by atoms with Crippen molar-refractivity contribution in [3.63, 3.8) is 0 Å². The van der Waals surface area contributed by atoms with E-state index >= 15 is 0 Å². The fraction of sp³-hybridized carbons (Fsp3) is 0.667. The van der Waals surface area contributed by atoms with Crippen molar-refractivity contribution in [1.29, 1.82) is 0 Å². The minimum atomic E-state index is -4.53. The second-order valence-electron chi connectivity index (χ2n) is 11.3. The number of anilines is 1. The Morgan fingerprint density at radius 1 is 1.18 bits per heavy atom. The van der Waals surface area contributed by atoms with Crippen molar-refractivity contribution < 1.29 is 32.2 Å². The summed E-state index contributed by atoms with van der Waals surface area (Å²) >= 11 is 5.89. The maximum absolute atomic E-state index is 13.7. The first-order valence-electron chi connectivity index (χ1n) is 13.6. The van der Waals surface area contributed by atoms with E-state index in [9.17, 15) is 18.0 Å². The largest absolute Gasteiger partial charge is 0.489 e. The van der Waals surface area contributed by atoms with E-state index in [1.54, 1.807) is 24.1 Å². The number of rotatable bonds is 13. The number of allylic oxidation sites excluding steroid dienone is 1. The predicted octanol–water partition coefficient (Wildman–Crippen LogP) is 5.21. The van der Waals surface area contributed by atoms with Gasteiger partial charge in [0.05, 0.1) is 48.6 Å². The number of aromatic nitrogens is 1. The summed E-state index contributed by atoms with van der Waals surface area (Å²) in [4.78, 5) is 25.0. The van der Waals surface area contributed by atoms with Gasteiger partial charge in [-0.05, 0) is 25.1 Å². The lowest BCUT2D eigenvalue weighted by Crippen LogP contribution is -2.49. The van der Waals surface area contributed by atoms with Gasteiger partial charge in [-0.1, -0.05) is 31.2 Å². The van der Waals surface area contributed by atoms with Crippen LogP contribution in [0, 0.1) is 0 Å². The zero-order valence-electron chi connectivity index (χ0n) is 23.7. The molecule has 2 aliphatic heterocycles. The number of carbonyl (C=O) groups excluding carboxylic acids is 1. The molecule has 224 valence electrons. The standard InChI is InChI=1S/C27H40ClF3N4O4Si/c1-20(38-12-7-26(36)35-10-8-34(9-11-35)25-6-5-21(28)16-33-25)18-39-24-17-32-22(15-23(24)27(29,30)31)19-37-13-14-40(2,3)4/h5-6,16-17,20,22H,7-15,18-19H2,1-4H3. The van der Waals surface area contributed by atoms with Crippen LogP contribution in [0.1, 0.15) is 19.8 Å². The first kappa shape index (κ1) is 32.4. The van der Waals surface area contributed by atoms with Crippen LogP contribution in [0.3, 0.4) is 0 Å². The third-order valence-corrected chi connectivity index (χ3v) is 8.58. The van der Waals surface area contributed by atoms with Gasteiger partial charge in [0.1, 0.15) is 18.2 Å². The van der Waals surface area contributed by atoms with E-state index in [0.717, 1.165) is 18.1 Å². The Kier molecular flexibility index (Phi) is 11.9. The Bertz CT molecular complexity index is 1030. The summed E-state index contributed by atoms with van der Waals surface area (Å²) < 4.78 is 57.9. The molecule has 0 saturated carbocycles. The van der Waals surface area contributed by atoms with E-state index in [0.29, 0.717) is 37.8 Å². The van der Waals surface area contributed by atoms with E-state index in [-0.39, 0.29) is 44.3 Å². The summed E-state index contributed by atoms with van der Waals surface area (Å²) in [7, 11) is -1.27. The van der Waals surface area contributed by atoms with Crippen molar-refractivity contribution >= 4 is 37.6 Å². The lowest BCUT2D eigenvalue weighted by atomic mass is 10.0. The summed E-state index contributed by atoms with van der Waals surface area (Å²) in [5.41, 5.74) is -0.739. The summed E-state index contributed by atoms with van der Waals surface area (Å²) in [5, 5.41) is 0.573. The summed E-state index contributed by atoms with van der Waals surface area (Å²) in [6.45, 7) is 11.6. The molecule has 1 fully saturated rings. The molecule has 1 aromatic rings. The zero-order valence-corrected chi connectivity index (χ0v) is 25.4. The Hall–Kier alpha value is -2.15. The van der Waals surface area contributed by atoms with E-state index < -0.39 is 32.0 Å². The van der Waals surface area contributed by atoms with Gasteiger partial charge in [0.15, 0.2) is 0 Å². The Morgan fingerprint density at radius 3 is 2.52 bits per heavy atom. The van der Waals surface area contributed by atoms with Crippen molar-refractivity contribution in [2.24, 2.45) is 4.99 Å². The van der Waals surface area contributed by atoms with Crippen LogP contribution in [0.4, 0.5) is 19.0 Å². The van der Waals surface area contributed by atoms with E-state index in [1.165, 1.54) is 0 Å². The van der Waals surface area contributed by atoms with Gasteiger partial charge in [-0.3, -0.25) is 9.79 Å². The monoisotopic (exact) mass is 604 g/mol. The average Bonchev–Trinajstić information content (AvgIpc) is 2.89. The Morgan fingerprint density at radius 2 is 1.90 bits per heavy atom. The highest BCUT2D eigenvalue weighted by molar-refractivity contribution is 6.76. The minimum absolute atomic E-state index is 0.0311. The molecule has 2 atom stereocenters. The molecule has 1 saturated heterocycles. The van der Waals surface area contributed by atoms with Gasteiger partial charge in [0.25, 0.3) is 0 Å². The highest BCUT2D eigenvalue weighted by Gasteiger charge is 2.40. The van der Waals surface area contributed by atoms with Crippen molar-refractivity contribution in [3.8, 4) is 0 Å². The lowest BCUT2D eigenvalue weighted by molar-refractivity contribution is -0.133. The van der Waals surface area contributed by atoms with Gasteiger partial charge >= 0.3 is 6.18 Å². The van der Waals surface area contributed by atoms with Crippen LogP contribution in [0.5, 0.6) is 0 Å². The highest BCUT2D eigenvalue weighted by Crippen LogP contribution is 2.34. The number of nitrogens with zero attached hydrogens (tertiary/aromatic N) is 4. The minimum Gasteiger partial charge on any atom is -0.489 e. The smallest absolute Gasteiger partial charge is 0.416 e. The Balaban J connectivity index is 1.37. The number of amides is 1. The molecule has 3 rings (SSSR count). The molecule has 13 heteroatoms. The molecule has 0 spiro atoms. The Labute approximate surface area is 240 Å². The number of hydrogen-bond acceptors (Lipinski definition) is 7. The number of dihydropyridines is 1. The molecule has 0 bridgehead atoms. The van der Waals surface area contributed by atoms with E-state index in [1.807, 2.05) is 6.07 Å². The predicted molar refractivity (Wildman–Crippen MR) is 153 cm³/mol. The fourth-order valence-electron chi connectivity index (χ4n) is 4.22. The molecule has 0 aliphatic carbocycles. The number of ether oxygens (including phenoxy) is 3. The molecule has 1 aromatic heterocycles. The second-order valence-corrected chi connectivity index (χ2v) is 17.4. The van der Waals surface area contributed by atoms with Crippen LogP contribution in [-0.4, -0.2) is 101 Å². The van der Waals surface area contributed by atoms with Crippen molar-refractivity contribution in [3.05, 3.63) is 34.7 Å². The molecular formula is C27H40ClF3N4O4Si. The topological polar surface area (TPSA) is 76.5 Å². The fourth-order valence-corrected chi connectivity index (χ4v) is 5.09. The van der Waals surface area contributed by atoms with Crippen molar-refractivity contribution in [1.82, 2.24) is 9.88 Å². The number of pyridine rings is 1. The maximum atomic E-state index is 13.7. The van der Waals surface area contributed by atoms with E-state index in [4.69, 9.17) is 25.8 Å². The van der Waals surface area contributed by atoms with Crippen LogP contribution in [0.2, 0.25) is 30.7 Å². The molecule has 0 radical (unpaired) electrons. The van der Waals surface area contributed by atoms with Crippen molar-refractivity contribution in [2.75, 3.05) is 57.5 Å². The van der Waals surface area contributed by atoms with Crippen LogP contribution < -0.4 is 4.90 Å². The molecule has 8 nitrogen and oxygen atoms in total. The van der Waals surface area contributed by atoms with Gasteiger partial charge in [-0.2, -0.15) is 13.2 Å². The van der Waals surface area contributed by atoms with Crippen LogP contribution in [0.25, 0.3) is 0 Å². The zero-order chi connectivity index (χ0) is 29.3. The van der Waals surface area contributed by atoms with Gasteiger partial charge in [-0.25, -0.2) is 4.98 Å². The number of hydrogen-bond donors (Lipinski definition) is 0. The quantitative estimate of drug-likeness (QED) is 0.227. The number of carbonyl (C=O) groups is 1. The van der Waals surface area contributed by atoms with Crippen molar-refractivity contribution in [2.45, 2.75) is 63.8 Å². The number of alkyl halides is 3. The highest BCUT2D eigenvalue weighted by atomic mass is 35.5. The average molecular weight is 605 g/mol. The summed E-state index contributed by atoms with van der Waals surface area (Å²) in [5.74, 6) is 0.503. The lowest BCUT2D eigenvalue weighted by Gasteiger charge is -2.35. The van der Waals surface area contributed by atoms with Crippen LogP contribution in [-0.2, 0) is 19.0 Å². The molecule has 0 N–H and O–H groups in total. The molecule has 2 unspecified atom stereocenters. The van der Waals surface area contributed by atoms with E-state index in [2.05, 4.69) is 34.5 Å². The molecular weight excluding hydrogens is 565 g/mol. The first-order chi connectivity index (χ1) is 18.8. The van der Waals surface area contributed by atoms with Gasteiger partial charge in [0, 0.05) is 53.5 Å². The molecule has 1 amide bonds. The van der Waals surface area contributed by atoms with Crippen LogP contribution >= 0.6 is 11.6 Å². The molecule has 0 aromatic carbocycles. The number of halogens is 4. The second kappa shape index (κ2) is 14.7. The molecule has 40 heavy (non-hydrogen) atoms. The molecule has 3 heterocycles. The first-order valence-corrected chi connectivity index (χ1v) is 17.7. The van der Waals surface area contributed by atoms with Gasteiger partial charge < -0.3 is 24.0 Å². The summed E-state index contributed by atoms with van der Waals surface area (Å²) in [6.07, 6.45) is -2.38. The number of aliphatic imine (C=N–C) groups is 1. The summed E-state index contributed by atoms with van der Waals surface area (Å²) in [6, 6.07) is 4.00. The van der Waals surface area contributed by atoms with Gasteiger partial charge in [0.2, 0.25) is 5.91 Å². The van der Waals surface area contributed by atoms with Crippen LogP contribution in [0.15, 0.2) is 34.7 Å². The van der Waals surface area contributed by atoms with Gasteiger partial charge in [-0.15, -0.1) is 0 Å². The third kappa shape index (κ3) is 10.7. The SMILES string of the molecule is CC(COC1=C(C(F)(F)F)CC(COCC[Si](C)(C)C)N=C1)OCCC(=O)N1CCN(c2ccc(Cl)cn2)CC1.